The zero-order valence-corrected chi connectivity index (χ0v) is 16.3. The van der Waals surface area contributed by atoms with E-state index in [1.54, 1.807) is 0 Å². The minimum absolute atomic E-state index is 0.253. The molecule has 0 unspecified atom stereocenters. The van der Waals surface area contributed by atoms with E-state index >= 15 is 0 Å². The van der Waals surface area contributed by atoms with Gasteiger partial charge in [0.25, 0.3) is 0 Å². The molecule has 3 aliphatic rings. The molecule has 0 spiro atoms. The number of hydrogen-bond donors (Lipinski definition) is 0. The number of morpholine rings is 1. The van der Waals surface area contributed by atoms with E-state index in [1.165, 1.54) is 12.0 Å². The molecule has 1 aliphatic heterocycles. The van der Waals surface area contributed by atoms with E-state index in [2.05, 4.69) is 46.2 Å². The Labute approximate surface area is 163 Å². The van der Waals surface area contributed by atoms with Gasteiger partial charge < -0.3 is 9.64 Å². The summed E-state index contributed by atoms with van der Waals surface area (Å²) in [4.78, 5) is 18.3. The van der Waals surface area contributed by atoms with E-state index in [0.29, 0.717) is 11.8 Å². The Bertz CT molecular complexity index is 648. The lowest BCUT2D eigenvalue weighted by atomic mass is 9.91. The Morgan fingerprint density at radius 2 is 1.93 bits per heavy atom. The molecular formula is C23H32N2O2. The second-order valence-corrected chi connectivity index (χ2v) is 8.30. The lowest BCUT2D eigenvalue weighted by molar-refractivity contribution is -0.135. The van der Waals surface area contributed by atoms with Gasteiger partial charge in [-0.25, -0.2) is 0 Å². The van der Waals surface area contributed by atoms with Crippen molar-refractivity contribution >= 4 is 5.91 Å². The molecule has 1 aromatic rings. The second kappa shape index (κ2) is 8.57. The Morgan fingerprint density at radius 3 is 2.59 bits per heavy atom. The fourth-order valence-corrected chi connectivity index (χ4v) is 4.51. The van der Waals surface area contributed by atoms with Gasteiger partial charge in [-0.05, 0) is 43.6 Å². The van der Waals surface area contributed by atoms with Gasteiger partial charge in [-0.2, -0.15) is 0 Å². The van der Waals surface area contributed by atoms with Gasteiger partial charge in [0.15, 0.2) is 0 Å². The monoisotopic (exact) mass is 368 g/mol. The molecule has 0 bridgehead atoms. The minimum Gasteiger partial charge on any atom is -0.379 e. The van der Waals surface area contributed by atoms with Crippen molar-refractivity contribution in [2.45, 2.75) is 37.5 Å². The third kappa shape index (κ3) is 4.44. The maximum absolute atomic E-state index is 13.6. The van der Waals surface area contributed by atoms with Crippen molar-refractivity contribution in [3.63, 3.8) is 0 Å². The third-order valence-corrected chi connectivity index (χ3v) is 6.42. The molecule has 1 atom stereocenters. The number of ether oxygens (including phenoxy) is 1. The van der Waals surface area contributed by atoms with Crippen LogP contribution in [0.4, 0.5) is 0 Å². The lowest BCUT2D eigenvalue weighted by Gasteiger charge is -2.34. The summed E-state index contributed by atoms with van der Waals surface area (Å²) in [6.45, 7) is 6.30. The molecule has 2 fully saturated rings. The minimum atomic E-state index is -0.253. The standard InChI is InChI=1S/C23H32N2O2/c26-22(23(11-12-23)21-9-5-2-6-10-21)25(19-20-7-3-1-4-8-20)14-13-24-15-17-27-18-16-24/h1-3,5-6,9-10,20H,4,7-8,11-19H2/t20-/m1/s1. The summed E-state index contributed by atoms with van der Waals surface area (Å²) in [5, 5.41) is 0. The number of carbonyl (C=O) groups excluding carboxylic acids is 1. The van der Waals surface area contributed by atoms with E-state index in [-0.39, 0.29) is 5.41 Å². The van der Waals surface area contributed by atoms with Crippen molar-refractivity contribution in [1.82, 2.24) is 9.80 Å². The molecule has 146 valence electrons. The maximum atomic E-state index is 13.6. The predicted molar refractivity (Wildman–Crippen MR) is 108 cm³/mol. The van der Waals surface area contributed by atoms with Crippen LogP contribution in [0.3, 0.4) is 0 Å². The first-order valence-corrected chi connectivity index (χ1v) is 10.6. The topological polar surface area (TPSA) is 32.8 Å². The van der Waals surface area contributed by atoms with Crippen molar-refractivity contribution in [3.8, 4) is 0 Å². The van der Waals surface area contributed by atoms with Crippen LogP contribution in [0.15, 0.2) is 42.5 Å². The molecule has 2 aliphatic carbocycles. The molecular weight excluding hydrogens is 336 g/mol. The van der Waals surface area contributed by atoms with E-state index < -0.39 is 0 Å². The number of rotatable bonds is 7. The molecule has 1 saturated heterocycles. The number of carbonyl (C=O) groups is 1. The van der Waals surface area contributed by atoms with Gasteiger partial charge in [-0.3, -0.25) is 9.69 Å². The van der Waals surface area contributed by atoms with Crippen molar-refractivity contribution in [1.29, 1.82) is 0 Å². The quantitative estimate of drug-likeness (QED) is 0.693. The Balaban J connectivity index is 1.46. The molecule has 0 aromatic heterocycles. The average molecular weight is 369 g/mol. The van der Waals surface area contributed by atoms with Crippen LogP contribution >= 0.6 is 0 Å². The number of allylic oxidation sites excluding steroid dienone is 2. The van der Waals surface area contributed by atoms with Gasteiger partial charge in [-0.1, -0.05) is 42.5 Å². The van der Waals surface area contributed by atoms with E-state index in [4.69, 9.17) is 4.74 Å². The maximum Gasteiger partial charge on any atom is 0.233 e. The van der Waals surface area contributed by atoms with Crippen molar-refractivity contribution < 1.29 is 9.53 Å². The molecule has 0 N–H and O–H groups in total. The van der Waals surface area contributed by atoms with Gasteiger partial charge in [0.2, 0.25) is 5.91 Å². The van der Waals surface area contributed by atoms with E-state index in [0.717, 1.165) is 71.6 Å². The summed E-state index contributed by atoms with van der Waals surface area (Å²) in [7, 11) is 0. The largest absolute Gasteiger partial charge is 0.379 e. The summed E-state index contributed by atoms with van der Waals surface area (Å²) < 4.78 is 5.47. The highest BCUT2D eigenvalue weighted by Crippen LogP contribution is 2.49. The van der Waals surface area contributed by atoms with Crippen LogP contribution in [-0.2, 0) is 14.9 Å². The van der Waals surface area contributed by atoms with Crippen LogP contribution in [0.25, 0.3) is 0 Å². The zero-order valence-electron chi connectivity index (χ0n) is 16.3. The van der Waals surface area contributed by atoms with Gasteiger partial charge in [0.1, 0.15) is 0 Å². The number of nitrogens with zero attached hydrogens (tertiary/aromatic N) is 2. The highest BCUT2D eigenvalue weighted by atomic mass is 16.5. The first-order chi connectivity index (χ1) is 13.3. The predicted octanol–water partition coefficient (Wildman–Crippen LogP) is 3.24. The molecule has 4 nitrogen and oxygen atoms in total. The van der Waals surface area contributed by atoms with Gasteiger partial charge >= 0.3 is 0 Å². The fourth-order valence-electron chi connectivity index (χ4n) is 4.51. The van der Waals surface area contributed by atoms with Crippen LogP contribution in [0.1, 0.15) is 37.7 Å². The molecule has 4 heteroatoms. The first kappa shape index (κ1) is 18.7. The summed E-state index contributed by atoms with van der Waals surface area (Å²) in [6, 6.07) is 10.4. The third-order valence-electron chi connectivity index (χ3n) is 6.42. The van der Waals surface area contributed by atoms with Crippen LogP contribution in [0.5, 0.6) is 0 Å². The molecule has 4 rings (SSSR count). The Morgan fingerprint density at radius 1 is 1.15 bits per heavy atom. The molecule has 1 aromatic carbocycles. The Hall–Kier alpha value is -1.65. The highest BCUT2D eigenvalue weighted by molar-refractivity contribution is 5.91. The van der Waals surface area contributed by atoms with Gasteiger partial charge in [0, 0.05) is 32.7 Å². The summed E-state index contributed by atoms with van der Waals surface area (Å²) >= 11 is 0. The second-order valence-electron chi connectivity index (χ2n) is 8.30. The molecule has 1 saturated carbocycles. The van der Waals surface area contributed by atoms with Gasteiger partial charge in [-0.15, -0.1) is 0 Å². The summed E-state index contributed by atoms with van der Waals surface area (Å²) in [6.07, 6.45) is 10.0. The normalized spacial score (nSPS) is 24.5. The summed E-state index contributed by atoms with van der Waals surface area (Å²) in [5.41, 5.74) is 0.950. The average Bonchev–Trinajstić information content (AvgIpc) is 3.55. The smallest absolute Gasteiger partial charge is 0.233 e. The fraction of sp³-hybridized carbons (Fsp3) is 0.609. The number of hydrogen-bond acceptors (Lipinski definition) is 3. The van der Waals surface area contributed by atoms with Crippen molar-refractivity contribution in [2.75, 3.05) is 45.9 Å². The lowest BCUT2D eigenvalue weighted by Crippen LogP contribution is -2.47. The Kier molecular flexibility index (Phi) is 5.94. The zero-order chi connectivity index (χ0) is 18.5. The van der Waals surface area contributed by atoms with Crippen LogP contribution in [0, 0.1) is 5.92 Å². The number of amides is 1. The number of benzene rings is 1. The molecule has 27 heavy (non-hydrogen) atoms. The molecule has 0 radical (unpaired) electrons. The van der Waals surface area contributed by atoms with Crippen LogP contribution < -0.4 is 0 Å². The van der Waals surface area contributed by atoms with Crippen LogP contribution in [-0.4, -0.2) is 61.6 Å². The van der Waals surface area contributed by atoms with Crippen LogP contribution in [0.2, 0.25) is 0 Å². The van der Waals surface area contributed by atoms with E-state index in [9.17, 15) is 4.79 Å². The highest BCUT2D eigenvalue weighted by Gasteiger charge is 2.53. The van der Waals surface area contributed by atoms with Crippen molar-refractivity contribution in [2.24, 2.45) is 5.92 Å². The SMILES string of the molecule is O=C(N(CCN1CCOCC1)C[C@@H]1CC=CCC1)C1(c2ccccc2)CC1. The summed E-state index contributed by atoms with van der Waals surface area (Å²) in [5.74, 6) is 0.965. The van der Waals surface area contributed by atoms with Gasteiger partial charge in [0.05, 0.1) is 18.6 Å². The molecule has 1 amide bonds. The van der Waals surface area contributed by atoms with E-state index in [1.807, 2.05) is 6.07 Å². The van der Waals surface area contributed by atoms with Crippen molar-refractivity contribution in [3.05, 3.63) is 48.0 Å². The molecule has 1 heterocycles. The first-order valence-electron chi connectivity index (χ1n) is 10.6.